The molecule has 0 unspecified atom stereocenters. The first-order valence-corrected chi connectivity index (χ1v) is 19.2. The van der Waals surface area contributed by atoms with Crippen molar-refractivity contribution in [3.63, 3.8) is 0 Å². The average molecular weight is 845 g/mol. The topological polar surface area (TPSA) is 219 Å². The molecule has 0 bridgehead atoms. The summed E-state index contributed by atoms with van der Waals surface area (Å²) in [4.78, 5) is 89.5. The van der Waals surface area contributed by atoms with Gasteiger partial charge < -0.3 is 15.4 Å². The Hall–Kier alpha value is -9.52. The van der Waals surface area contributed by atoms with Gasteiger partial charge in [-0.3, -0.25) is 33.8 Å². The standard InChI is InChI=1S/C49H32N8O7/c1-30-44(47(61)57(56(30)2)38-11-7-4-8-12-38)43(58)23-35-20-37(29-53-27-35)46(60)55-42-18-16-33(25-51)22-40(42)49(63)64-48(62)39-21-32(24-50)15-17-41(39)54-45(59)36-19-34(26-52-28-36)14-13-31-9-5-3-6-10-31/h3-12,15-22,26-29H,23H2,1-2H3,(H,54,59)(H,55,60). The van der Waals surface area contributed by atoms with Crippen LogP contribution in [0.15, 0.2) is 139 Å². The van der Waals surface area contributed by atoms with Crippen molar-refractivity contribution in [2.45, 2.75) is 13.3 Å². The minimum absolute atomic E-state index is 0.00849. The number of Topliss-reactive ketones (excluding diaryl/α,β-unsaturated/α-hetero) is 1. The summed E-state index contributed by atoms with van der Waals surface area (Å²) in [6.07, 6.45) is 5.13. The van der Waals surface area contributed by atoms with Crippen molar-refractivity contribution in [1.82, 2.24) is 19.3 Å². The molecule has 7 rings (SSSR count). The third-order valence-corrected chi connectivity index (χ3v) is 9.80. The number of nitrogens with one attached hydrogen (secondary N) is 2. The second-order valence-electron chi connectivity index (χ2n) is 14.0. The average Bonchev–Trinajstić information content (AvgIpc) is 3.54. The van der Waals surface area contributed by atoms with Gasteiger partial charge in [-0.25, -0.2) is 14.3 Å². The molecule has 2 amide bonds. The van der Waals surface area contributed by atoms with Crippen molar-refractivity contribution in [1.29, 1.82) is 10.5 Å². The van der Waals surface area contributed by atoms with Gasteiger partial charge in [0.15, 0.2) is 5.78 Å². The van der Waals surface area contributed by atoms with Crippen molar-refractivity contribution in [2.75, 3.05) is 10.6 Å². The molecule has 0 saturated heterocycles. The van der Waals surface area contributed by atoms with E-state index in [1.165, 1.54) is 65.9 Å². The van der Waals surface area contributed by atoms with Crippen LogP contribution in [0.5, 0.6) is 0 Å². The van der Waals surface area contributed by atoms with Gasteiger partial charge in [-0.05, 0) is 85.3 Å². The maximum absolute atomic E-state index is 13.7. The molecule has 310 valence electrons. The van der Waals surface area contributed by atoms with Gasteiger partial charge >= 0.3 is 11.9 Å². The van der Waals surface area contributed by atoms with E-state index in [2.05, 4.69) is 32.4 Å². The highest BCUT2D eigenvalue weighted by molar-refractivity contribution is 6.13. The number of ketones is 1. The molecule has 15 heteroatoms. The first-order chi connectivity index (χ1) is 30.9. The van der Waals surface area contributed by atoms with Crippen molar-refractivity contribution < 1.29 is 28.7 Å². The SMILES string of the molecule is Cc1c(C(=O)Cc2cncc(C(=O)Nc3ccc(C#N)cc3C(=O)OC(=O)c3cc(C#N)ccc3NC(=O)c3cncc(C#Cc4ccccc4)c3)c2)c(=O)n(-c2ccccc2)n1C. The normalized spacial score (nSPS) is 10.3. The minimum atomic E-state index is -1.28. The van der Waals surface area contributed by atoms with Gasteiger partial charge in [-0.15, -0.1) is 0 Å². The van der Waals surface area contributed by atoms with Gasteiger partial charge in [0.2, 0.25) is 0 Å². The highest BCUT2D eigenvalue weighted by Gasteiger charge is 2.25. The molecule has 0 saturated carbocycles. The molecule has 0 radical (unpaired) electrons. The number of pyridine rings is 2. The zero-order valence-corrected chi connectivity index (χ0v) is 33.9. The van der Waals surface area contributed by atoms with Crippen LogP contribution in [0, 0.1) is 41.4 Å². The van der Waals surface area contributed by atoms with Crippen LogP contribution in [0.1, 0.15) is 85.3 Å². The summed E-state index contributed by atoms with van der Waals surface area (Å²) in [5, 5.41) is 24.4. The largest absolute Gasteiger partial charge is 0.386 e. The number of carbonyl (C=O) groups is 5. The van der Waals surface area contributed by atoms with E-state index in [-0.39, 0.29) is 56.7 Å². The van der Waals surface area contributed by atoms with Crippen LogP contribution in [0.4, 0.5) is 11.4 Å². The van der Waals surface area contributed by atoms with E-state index >= 15 is 0 Å². The maximum Gasteiger partial charge on any atom is 0.348 e. The van der Waals surface area contributed by atoms with E-state index in [1.807, 2.05) is 48.5 Å². The first kappa shape index (κ1) is 42.6. The van der Waals surface area contributed by atoms with Crippen molar-refractivity contribution in [2.24, 2.45) is 7.05 Å². The maximum atomic E-state index is 13.7. The lowest BCUT2D eigenvalue weighted by Gasteiger charge is -2.13. The molecule has 7 aromatic rings. The number of anilines is 2. The predicted octanol–water partition coefficient (Wildman–Crippen LogP) is 6.34. The van der Waals surface area contributed by atoms with Gasteiger partial charge in [0, 0.05) is 55.1 Å². The van der Waals surface area contributed by atoms with Crippen molar-refractivity contribution in [3.8, 4) is 29.7 Å². The summed E-state index contributed by atoms with van der Waals surface area (Å²) < 4.78 is 8.20. The van der Waals surface area contributed by atoms with E-state index in [4.69, 9.17) is 4.74 Å². The number of nitriles is 2. The van der Waals surface area contributed by atoms with Crippen LogP contribution in [-0.4, -0.2) is 48.9 Å². The number of ether oxygens (including phenoxy) is 1. The Morgan fingerprint density at radius 3 is 1.75 bits per heavy atom. The lowest BCUT2D eigenvalue weighted by molar-refractivity contribution is 0.0399. The van der Waals surface area contributed by atoms with E-state index in [9.17, 15) is 39.3 Å². The molecular formula is C49H32N8O7. The zero-order valence-electron chi connectivity index (χ0n) is 33.9. The molecule has 4 aromatic carbocycles. The van der Waals surface area contributed by atoms with Crippen molar-refractivity contribution in [3.05, 3.63) is 206 Å². The molecule has 64 heavy (non-hydrogen) atoms. The Bertz CT molecular complexity index is 3240. The minimum Gasteiger partial charge on any atom is -0.386 e. The second-order valence-corrected chi connectivity index (χ2v) is 14.0. The fourth-order valence-corrected chi connectivity index (χ4v) is 6.54. The number of aromatic nitrogens is 4. The van der Waals surface area contributed by atoms with Crippen LogP contribution >= 0.6 is 0 Å². The molecular weight excluding hydrogens is 813 g/mol. The Balaban J connectivity index is 1.08. The molecule has 2 N–H and O–H groups in total. The van der Waals surface area contributed by atoms with Crippen LogP contribution in [-0.2, 0) is 18.2 Å². The summed E-state index contributed by atoms with van der Waals surface area (Å²) in [5.74, 6) is 1.45. The highest BCUT2D eigenvalue weighted by Crippen LogP contribution is 2.24. The van der Waals surface area contributed by atoms with Gasteiger partial charge in [0.25, 0.3) is 17.4 Å². The molecule has 0 spiro atoms. The molecule has 15 nitrogen and oxygen atoms in total. The van der Waals surface area contributed by atoms with E-state index in [0.717, 1.165) is 17.7 Å². The number of nitrogens with zero attached hydrogens (tertiary/aromatic N) is 6. The summed E-state index contributed by atoms with van der Waals surface area (Å²) in [6.45, 7) is 1.66. The van der Waals surface area contributed by atoms with Crippen LogP contribution < -0.4 is 16.2 Å². The van der Waals surface area contributed by atoms with Crippen LogP contribution in [0.2, 0.25) is 0 Å². The summed E-state index contributed by atoms with van der Waals surface area (Å²) in [7, 11) is 1.67. The van der Waals surface area contributed by atoms with Crippen LogP contribution in [0.25, 0.3) is 5.69 Å². The molecule has 0 atom stereocenters. The number of para-hydroxylation sites is 1. The smallest absolute Gasteiger partial charge is 0.348 e. The summed E-state index contributed by atoms with van der Waals surface area (Å²) in [5.41, 5.74) is 1.13. The number of rotatable bonds is 10. The first-order valence-electron chi connectivity index (χ1n) is 19.2. The Kier molecular flexibility index (Phi) is 12.5. The third kappa shape index (κ3) is 9.42. The predicted molar refractivity (Wildman–Crippen MR) is 233 cm³/mol. The number of esters is 2. The highest BCUT2D eigenvalue weighted by atomic mass is 16.6. The van der Waals surface area contributed by atoms with Gasteiger partial charge in [-0.2, -0.15) is 10.5 Å². The number of hydrogen-bond donors (Lipinski definition) is 2. The zero-order chi connectivity index (χ0) is 45.3. The van der Waals surface area contributed by atoms with Crippen molar-refractivity contribution >= 4 is 40.9 Å². The quantitative estimate of drug-likeness (QED) is 0.0669. The van der Waals surface area contributed by atoms with E-state index in [1.54, 1.807) is 42.9 Å². The molecule has 0 aliphatic rings. The molecule has 0 aliphatic heterocycles. The third-order valence-electron chi connectivity index (χ3n) is 9.80. The van der Waals surface area contributed by atoms with Crippen LogP contribution in [0.3, 0.4) is 0 Å². The second kappa shape index (κ2) is 18.8. The summed E-state index contributed by atoms with van der Waals surface area (Å²) in [6, 6.07) is 32.2. The Morgan fingerprint density at radius 2 is 1.17 bits per heavy atom. The van der Waals surface area contributed by atoms with Gasteiger partial charge in [-0.1, -0.05) is 48.2 Å². The number of carbonyl (C=O) groups excluding carboxylic acids is 5. The monoisotopic (exact) mass is 844 g/mol. The fourth-order valence-electron chi connectivity index (χ4n) is 6.54. The molecule has 0 aliphatic carbocycles. The van der Waals surface area contributed by atoms with Gasteiger partial charge in [0.1, 0.15) is 5.56 Å². The molecule has 3 heterocycles. The Morgan fingerprint density at radius 1 is 0.641 bits per heavy atom. The molecule has 3 aromatic heterocycles. The van der Waals surface area contributed by atoms with E-state index < -0.39 is 35.1 Å². The Labute approximate surface area is 364 Å². The lowest BCUT2D eigenvalue weighted by Crippen LogP contribution is -2.23. The lowest BCUT2D eigenvalue weighted by atomic mass is 10.0. The fraction of sp³-hybridized carbons (Fsp3) is 0.0612. The number of hydrogen-bond acceptors (Lipinski definition) is 11. The number of benzene rings is 4. The summed E-state index contributed by atoms with van der Waals surface area (Å²) >= 11 is 0. The van der Waals surface area contributed by atoms with Gasteiger partial charge in [0.05, 0.1) is 62.6 Å². The van der Waals surface area contributed by atoms with E-state index in [0.29, 0.717) is 22.5 Å². The number of amides is 2. The molecule has 0 fully saturated rings.